The van der Waals surface area contributed by atoms with Crippen molar-refractivity contribution < 1.29 is 4.57 Å². The lowest BCUT2D eigenvalue weighted by atomic mass is 10.1. The third-order valence-electron chi connectivity index (χ3n) is 3.52. The fraction of sp³-hybridized carbons (Fsp3) is 0.267. The van der Waals surface area contributed by atoms with Gasteiger partial charge in [-0.1, -0.05) is 25.1 Å². The molecule has 0 N–H and O–H groups in total. The molecule has 0 spiro atoms. The van der Waals surface area contributed by atoms with Gasteiger partial charge in [0.15, 0.2) is 5.52 Å². The summed E-state index contributed by atoms with van der Waals surface area (Å²) in [4.78, 5) is 0. The van der Waals surface area contributed by atoms with Crippen LogP contribution in [0.3, 0.4) is 0 Å². The summed E-state index contributed by atoms with van der Waals surface area (Å²) in [6, 6.07) is 8.76. The summed E-state index contributed by atoms with van der Waals surface area (Å²) in [6.45, 7) is 4.37. The Morgan fingerprint density at radius 2 is 2.12 bits per heavy atom. The van der Waals surface area contributed by atoms with Crippen LogP contribution in [0.5, 0.6) is 0 Å². The molecule has 0 radical (unpaired) electrons. The molecule has 0 unspecified atom stereocenters. The highest BCUT2D eigenvalue weighted by Gasteiger charge is 2.14. The average Bonchev–Trinajstić information content (AvgIpc) is 2.62. The Balaban J connectivity index is 2.48. The predicted octanol–water partition coefficient (Wildman–Crippen LogP) is 2.79. The second kappa shape index (κ2) is 3.59. The Morgan fingerprint density at radius 3 is 2.88 bits per heavy atom. The molecule has 1 aromatic carbocycles. The molecule has 0 aliphatic heterocycles. The number of hydrogen-bond donors (Lipinski definition) is 0. The van der Waals surface area contributed by atoms with E-state index in [2.05, 4.69) is 66.5 Å². The first-order valence-electron chi connectivity index (χ1n) is 6.09. The molecule has 2 heterocycles. The van der Waals surface area contributed by atoms with E-state index in [0.29, 0.717) is 0 Å². The lowest BCUT2D eigenvalue weighted by Gasteiger charge is -2.00. The van der Waals surface area contributed by atoms with E-state index < -0.39 is 0 Å². The molecule has 2 nitrogen and oxygen atoms in total. The van der Waals surface area contributed by atoms with Crippen LogP contribution in [0.25, 0.3) is 16.3 Å². The van der Waals surface area contributed by atoms with Gasteiger partial charge in [0.1, 0.15) is 12.4 Å². The van der Waals surface area contributed by atoms with Crippen molar-refractivity contribution in [1.29, 1.82) is 0 Å². The quantitative estimate of drug-likeness (QED) is 0.563. The van der Waals surface area contributed by atoms with Crippen LogP contribution in [-0.4, -0.2) is 4.40 Å². The molecular weight excluding hydrogens is 208 g/mol. The number of hydrogen-bond acceptors (Lipinski definition) is 0. The number of nitrogens with zero attached hydrogens (tertiary/aromatic N) is 2. The highest BCUT2D eigenvalue weighted by molar-refractivity contribution is 5.88. The summed E-state index contributed by atoms with van der Waals surface area (Å²) in [5.41, 5.74) is 2.61. The van der Waals surface area contributed by atoms with Crippen LogP contribution in [0, 0.1) is 6.92 Å². The zero-order valence-corrected chi connectivity index (χ0v) is 10.6. The van der Waals surface area contributed by atoms with Gasteiger partial charge in [-0.05, 0) is 23.9 Å². The van der Waals surface area contributed by atoms with E-state index >= 15 is 0 Å². The summed E-state index contributed by atoms with van der Waals surface area (Å²) in [6.07, 6.45) is 5.49. The van der Waals surface area contributed by atoms with Crippen LogP contribution in [0.15, 0.2) is 36.7 Å². The standard InChI is InChI=1S/C15H17N2/c1-4-15-16(3)10-13-8-14-11(2)6-5-7-12(14)9-17(13)15/h5-10H,4H2,1-3H3/q+1. The van der Waals surface area contributed by atoms with E-state index in [1.165, 1.54) is 27.7 Å². The van der Waals surface area contributed by atoms with Crippen molar-refractivity contribution in [3.63, 3.8) is 0 Å². The fourth-order valence-corrected chi connectivity index (χ4v) is 2.63. The minimum Gasteiger partial charge on any atom is -0.236 e. The predicted molar refractivity (Wildman–Crippen MR) is 70.2 cm³/mol. The third kappa shape index (κ3) is 1.44. The zero-order valence-electron chi connectivity index (χ0n) is 10.6. The fourth-order valence-electron chi connectivity index (χ4n) is 2.63. The van der Waals surface area contributed by atoms with Crippen LogP contribution in [0.1, 0.15) is 18.3 Å². The Labute approximate surface area is 101 Å². The normalized spacial score (nSPS) is 11.5. The summed E-state index contributed by atoms with van der Waals surface area (Å²) in [7, 11) is 2.11. The van der Waals surface area contributed by atoms with Crippen LogP contribution in [0.4, 0.5) is 0 Å². The molecule has 3 aromatic rings. The van der Waals surface area contributed by atoms with Crippen LogP contribution in [-0.2, 0) is 13.5 Å². The van der Waals surface area contributed by atoms with E-state index in [-0.39, 0.29) is 0 Å². The van der Waals surface area contributed by atoms with E-state index in [0.717, 1.165) is 6.42 Å². The zero-order chi connectivity index (χ0) is 12.0. The van der Waals surface area contributed by atoms with Crippen molar-refractivity contribution in [2.24, 2.45) is 7.05 Å². The van der Waals surface area contributed by atoms with Gasteiger partial charge in [0.05, 0.1) is 7.05 Å². The Hall–Kier alpha value is -1.83. The SMILES string of the molecule is CCc1n2cc3cccc(C)c3cc2c[n+]1C. The minimum absolute atomic E-state index is 1.04. The second-order valence-corrected chi connectivity index (χ2v) is 4.66. The number of aromatic nitrogens is 2. The van der Waals surface area contributed by atoms with Gasteiger partial charge in [0.2, 0.25) is 0 Å². The van der Waals surface area contributed by atoms with E-state index in [1.54, 1.807) is 0 Å². The minimum atomic E-state index is 1.04. The first kappa shape index (κ1) is 10.3. The molecule has 3 rings (SSSR count). The number of aryl methyl sites for hydroxylation is 3. The van der Waals surface area contributed by atoms with Gasteiger partial charge in [-0.15, -0.1) is 0 Å². The van der Waals surface area contributed by atoms with Crippen LogP contribution in [0.2, 0.25) is 0 Å². The molecule has 0 bridgehead atoms. The van der Waals surface area contributed by atoms with Crippen molar-refractivity contribution in [3.8, 4) is 0 Å². The Bertz CT molecular complexity index is 708. The number of pyridine rings is 1. The first-order valence-corrected chi connectivity index (χ1v) is 6.09. The summed E-state index contributed by atoms with van der Waals surface area (Å²) >= 11 is 0. The monoisotopic (exact) mass is 225 g/mol. The van der Waals surface area contributed by atoms with Gasteiger partial charge in [0, 0.05) is 11.8 Å². The van der Waals surface area contributed by atoms with Gasteiger partial charge in [-0.2, -0.15) is 4.40 Å². The Kier molecular flexibility index (Phi) is 2.18. The first-order chi connectivity index (χ1) is 8.20. The molecule has 0 aliphatic carbocycles. The number of imidazole rings is 1. The summed E-state index contributed by atoms with van der Waals surface area (Å²) in [5.74, 6) is 1.34. The molecule has 2 heteroatoms. The van der Waals surface area contributed by atoms with Gasteiger partial charge in [0.25, 0.3) is 5.82 Å². The third-order valence-corrected chi connectivity index (χ3v) is 3.52. The molecule has 2 aromatic heterocycles. The van der Waals surface area contributed by atoms with Gasteiger partial charge in [-0.3, -0.25) is 0 Å². The summed E-state index contributed by atoms with van der Waals surface area (Å²) < 4.78 is 4.51. The lowest BCUT2D eigenvalue weighted by Crippen LogP contribution is -2.30. The van der Waals surface area contributed by atoms with Crippen molar-refractivity contribution in [3.05, 3.63) is 48.0 Å². The van der Waals surface area contributed by atoms with Gasteiger partial charge in [-0.25, -0.2) is 4.57 Å². The molecule has 0 atom stereocenters. The Morgan fingerprint density at radius 1 is 1.29 bits per heavy atom. The maximum absolute atomic E-state index is 2.29. The lowest BCUT2D eigenvalue weighted by molar-refractivity contribution is -0.677. The summed E-state index contributed by atoms with van der Waals surface area (Å²) in [5, 5.41) is 2.66. The number of benzene rings is 1. The molecule has 86 valence electrons. The van der Waals surface area contributed by atoms with Gasteiger partial charge < -0.3 is 0 Å². The van der Waals surface area contributed by atoms with Crippen LogP contribution < -0.4 is 4.57 Å². The van der Waals surface area contributed by atoms with E-state index in [4.69, 9.17) is 0 Å². The van der Waals surface area contributed by atoms with Crippen molar-refractivity contribution in [1.82, 2.24) is 4.40 Å². The van der Waals surface area contributed by atoms with Crippen molar-refractivity contribution in [2.45, 2.75) is 20.3 Å². The smallest absolute Gasteiger partial charge is 0.236 e. The number of rotatable bonds is 1. The van der Waals surface area contributed by atoms with Crippen molar-refractivity contribution >= 4 is 16.3 Å². The molecule has 0 saturated heterocycles. The largest absolute Gasteiger partial charge is 0.261 e. The molecule has 0 aliphatic rings. The highest BCUT2D eigenvalue weighted by Crippen LogP contribution is 2.20. The van der Waals surface area contributed by atoms with Crippen molar-refractivity contribution in [2.75, 3.05) is 0 Å². The maximum atomic E-state index is 2.29. The molecular formula is C15H17N2+. The second-order valence-electron chi connectivity index (χ2n) is 4.66. The van der Waals surface area contributed by atoms with E-state index in [9.17, 15) is 0 Å². The van der Waals surface area contributed by atoms with Gasteiger partial charge >= 0.3 is 0 Å². The molecule has 0 fully saturated rings. The average molecular weight is 225 g/mol. The van der Waals surface area contributed by atoms with E-state index in [1.807, 2.05) is 0 Å². The molecule has 0 amide bonds. The molecule has 0 saturated carbocycles. The van der Waals surface area contributed by atoms with Crippen LogP contribution >= 0.6 is 0 Å². The maximum Gasteiger partial charge on any atom is 0.261 e. The molecule has 17 heavy (non-hydrogen) atoms. The highest BCUT2D eigenvalue weighted by atomic mass is 15.1. The number of fused-ring (bicyclic) bond motifs is 2. The topological polar surface area (TPSA) is 8.29 Å².